The molecule has 0 bridgehead atoms. The quantitative estimate of drug-likeness (QED) is 0.731. The van der Waals surface area contributed by atoms with E-state index in [9.17, 15) is 0 Å². The molecular formula is C17H25N. The first kappa shape index (κ1) is 12.2. The average Bonchev–Trinajstić information content (AvgIpc) is 2.43. The van der Waals surface area contributed by atoms with Crippen molar-refractivity contribution in [2.24, 2.45) is 0 Å². The van der Waals surface area contributed by atoms with Crippen molar-refractivity contribution in [2.45, 2.75) is 77.0 Å². The number of rotatable bonds is 2. The molecule has 2 atom stereocenters. The van der Waals surface area contributed by atoms with E-state index < -0.39 is 0 Å². The SMILES string of the molecule is CCC1CCCc2cc3c(nc21)C(CC)CCC3. The van der Waals surface area contributed by atoms with Gasteiger partial charge in [0.2, 0.25) is 0 Å². The summed E-state index contributed by atoms with van der Waals surface area (Å²) >= 11 is 0. The zero-order valence-electron chi connectivity index (χ0n) is 11.8. The third-order valence-corrected chi connectivity index (χ3v) is 5.00. The fraction of sp³-hybridized carbons (Fsp3) is 0.706. The van der Waals surface area contributed by atoms with Gasteiger partial charge in [0.1, 0.15) is 0 Å². The minimum Gasteiger partial charge on any atom is -0.257 e. The number of pyridine rings is 1. The number of aryl methyl sites for hydroxylation is 2. The highest BCUT2D eigenvalue weighted by molar-refractivity contribution is 5.37. The lowest BCUT2D eigenvalue weighted by Gasteiger charge is -2.29. The fourth-order valence-electron chi connectivity index (χ4n) is 3.89. The summed E-state index contributed by atoms with van der Waals surface area (Å²) in [5, 5.41) is 0. The summed E-state index contributed by atoms with van der Waals surface area (Å²) in [6.45, 7) is 4.64. The van der Waals surface area contributed by atoms with Crippen LogP contribution in [0.15, 0.2) is 6.07 Å². The molecule has 0 saturated carbocycles. The highest BCUT2D eigenvalue weighted by Crippen LogP contribution is 2.38. The van der Waals surface area contributed by atoms with E-state index in [0.29, 0.717) is 0 Å². The van der Waals surface area contributed by atoms with Crippen LogP contribution in [0.3, 0.4) is 0 Å². The van der Waals surface area contributed by atoms with Gasteiger partial charge >= 0.3 is 0 Å². The molecule has 2 aliphatic carbocycles. The van der Waals surface area contributed by atoms with E-state index in [-0.39, 0.29) is 0 Å². The monoisotopic (exact) mass is 243 g/mol. The normalized spacial score (nSPS) is 26.6. The van der Waals surface area contributed by atoms with E-state index >= 15 is 0 Å². The van der Waals surface area contributed by atoms with Crippen molar-refractivity contribution in [2.75, 3.05) is 0 Å². The Balaban J connectivity index is 2.06. The maximum Gasteiger partial charge on any atom is 0.0470 e. The van der Waals surface area contributed by atoms with Crippen molar-refractivity contribution in [3.05, 3.63) is 28.6 Å². The lowest BCUT2D eigenvalue weighted by molar-refractivity contribution is 0.491. The van der Waals surface area contributed by atoms with Crippen molar-refractivity contribution in [1.82, 2.24) is 4.98 Å². The standard InChI is InChI=1S/C17H25N/c1-3-12-7-5-9-14-11-15-10-6-8-13(4-2)17(15)18-16(12)14/h11-13H,3-10H2,1-2H3. The molecule has 2 unspecified atom stereocenters. The number of nitrogens with zero attached hydrogens (tertiary/aromatic N) is 1. The second-order valence-electron chi connectivity index (χ2n) is 6.07. The smallest absolute Gasteiger partial charge is 0.0470 e. The molecular weight excluding hydrogens is 218 g/mol. The van der Waals surface area contributed by atoms with Gasteiger partial charge in [0.15, 0.2) is 0 Å². The van der Waals surface area contributed by atoms with Gasteiger partial charge in [0.25, 0.3) is 0 Å². The summed E-state index contributed by atoms with van der Waals surface area (Å²) in [6.07, 6.45) is 10.5. The summed E-state index contributed by atoms with van der Waals surface area (Å²) in [6, 6.07) is 2.52. The van der Waals surface area contributed by atoms with E-state index in [1.165, 1.54) is 62.8 Å². The van der Waals surface area contributed by atoms with Gasteiger partial charge in [-0.1, -0.05) is 19.9 Å². The third-order valence-electron chi connectivity index (χ3n) is 5.00. The molecule has 0 radical (unpaired) electrons. The first-order chi connectivity index (χ1) is 8.83. The maximum atomic E-state index is 5.16. The molecule has 98 valence electrons. The van der Waals surface area contributed by atoms with Gasteiger partial charge in [0.05, 0.1) is 0 Å². The Morgan fingerprint density at radius 2 is 1.44 bits per heavy atom. The van der Waals surface area contributed by atoms with Crippen molar-refractivity contribution in [1.29, 1.82) is 0 Å². The summed E-state index contributed by atoms with van der Waals surface area (Å²) in [7, 11) is 0. The van der Waals surface area contributed by atoms with E-state index in [4.69, 9.17) is 4.98 Å². The highest BCUT2D eigenvalue weighted by Gasteiger charge is 2.26. The minimum absolute atomic E-state index is 0.735. The number of aromatic nitrogens is 1. The Hall–Kier alpha value is -0.850. The van der Waals surface area contributed by atoms with Crippen LogP contribution in [-0.2, 0) is 12.8 Å². The van der Waals surface area contributed by atoms with Crippen LogP contribution in [0.25, 0.3) is 0 Å². The van der Waals surface area contributed by atoms with E-state index in [1.807, 2.05) is 0 Å². The first-order valence-corrected chi connectivity index (χ1v) is 7.86. The Morgan fingerprint density at radius 1 is 0.944 bits per heavy atom. The Bertz CT molecular complexity index is 398. The van der Waals surface area contributed by atoms with E-state index in [2.05, 4.69) is 19.9 Å². The van der Waals surface area contributed by atoms with Gasteiger partial charge < -0.3 is 0 Å². The molecule has 0 N–H and O–H groups in total. The van der Waals surface area contributed by atoms with Crippen molar-refractivity contribution in [3.63, 3.8) is 0 Å². The second kappa shape index (κ2) is 5.03. The van der Waals surface area contributed by atoms with Gasteiger partial charge in [-0.25, -0.2) is 0 Å². The number of fused-ring (bicyclic) bond motifs is 2. The predicted octanol–water partition coefficient (Wildman–Crippen LogP) is 4.74. The van der Waals surface area contributed by atoms with Gasteiger partial charge in [-0.05, 0) is 62.5 Å². The molecule has 0 aromatic carbocycles. The molecule has 0 amide bonds. The largest absolute Gasteiger partial charge is 0.257 e. The average molecular weight is 243 g/mol. The Kier molecular flexibility index (Phi) is 3.41. The second-order valence-corrected chi connectivity index (χ2v) is 6.07. The van der Waals surface area contributed by atoms with Crippen molar-refractivity contribution >= 4 is 0 Å². The van der Waals surface area contributed by atoms with Crippen LogP contribution < -0.4 is 0 Å². The van der Waals surface area contributed by atoms with Gasteiger partial charge in [-0.3, -0.25) is 4.98 Å². The molecule has 1 aromatic rings. The van der Waals surface area contributed by atoms with Crippen LogP contribution in [0.5, 0.6) is 0 Å². The summed E-state index contributed by atoms with van der Waals surface area (Å²) in [4.78, 5) is 5.16. The molecule has 0 aliphatic heterocycles. The zero-order chi connectivity index (χ0) is 12.5. The molecule has 1 aromatic heterocycles. The van der Waals surface area contributed by atoms with Crippen LogP contribution in [-0.4, -0.2) is 4.98 Å². The minimum atomic E-state index is 0.735. The van der Waals surface area contributed by atoms with E-state index in [1.54, 1.807) is 11.1 Å². The lowest BCUT2D eigenvalue weighted by atomic mass is 9.80. The van der Waals surface area contributed by atoms with Crippen LogP contribution in [0, 0.1) is 0 Å². The summed E-state index contributed by atoms with van der Waals surface area (Å²) in [5.74, 6) is 1.47. The van der Waals surface area contributed by atoms with Crippen LogP contribution >= 0.6 is 0 Å². The van der Waals surface area contributed by atoms with Gasteiger partial charge in [-0.2, -0.15) is 0 Å². The molecule has 0 fully saturated rings. The van der Waals surface area contributed by atoms with Crippen LogP contribution in [0.1, 0.15) is 86.7 Å². The Morgan fingerprint density at radius 3 is 1.89 bits per heavy atom. The Labute approximate surface area is 111 Å². The molecule has 3 rings (SSSR count). The highest BCUT2D eigenvalue weighted by atomic mass is 14.8. The summed E-state index contributed by atoms with van der Waals surface area (Å²) < 4.78 is 0. The third kappa shape index (κ3) is 1.98. The molecule has 18 heavy (non-hydrogen) atoms. The van der Waals surface area contributed by atoms with Gasteiger partial charge in [0, 0.05) is 23.2 Å². The van der Waals surface area contributed by atoms with Crippen LogP contribution in [0.2, 0.25) is 0 Å². The van der Waals surface area contributed by atoms with Crippen LogP contribution in [0.4, 0.5) is 0 Å². The molecule has 0 spiro atoms. The topological polar surface area (TPSA) is 12.9 Å². The maximum absolute atomic E-state index is 5.16. The fourth-order valence-corrected chi connectivity index (χ4v) is 3.89. The predicted molar refractivity (Wildman–Crippen MR) is 76.2 cm³/mol. The zero-order valence-corrected chi connectivity index (χ0v) is 11.8. The first-order valence-electron chi connectivity index (χ1n) is 7.86. The van der Waals surface area contributed by atoms with Crippen molar-refractivity contribution in [3.8, 4) is 0 Å². The lowest BCUT2D eigenvalue weighted by Crippen LogP contribution is -2.18. The molecule has 1 nitrogen and oxygen atoms in total. The van der Waals surface area contributed by atoms with Gasteiger partial charge in [-0.15, -0.1) is 0 Å². The number of hydrogen-bond acceptors (Lipinski definition) is 1. The van der Waals surface area contributed by atoms with Crippen molar-refractivity contribution < 1.29 is 0 Å². The molecule has 1 heterocycles. The number of hydrogen-bond donors (Lipinski definition) is 0. The molecule has 1 heteroatoms. The molecule has 2 aliphatic rings. The molecule has 0 saturated heterocycles. The van der Waals surface area contributed by atoms with E-state index in [0.717, 1.165) is 11.8 Å². The summed E-state index contributed by atoms with van der Waals surface area (Å²) in [5.41, 5.74) is 6.07.